The van der Waals surface area contributed by atoms with Crippen molar-refractivity contribution in [3.63, 3.8) is 0 Å². The highest BCUT2D eigenvalue weighted by Gasteiger charge is 2.15. The third-order valence-corrected chi connectivity index (χ3v) is 2.21. The Morgan fingerprint density at radius 1 is 1.46 bits per heavy atom. The maximum Gasteiger partial charge on any atom is 0.126 e. The van der Waals surface area contributed by atoms with Crippen LogP contribution in [-0.2, 0) is 0 Å². The van der Waals surface area contributed by atoms with Gasteiger partial charge in [-0.3, -0.25) is 0 Å². The van der Waals surface area contributed by atoms with Gasteiger partial charge in [0.1, 0.15) is 5.76 Å². The molecule has 2 rings (SSSR count). The molecule has 0 aliphatic heterocycles. The van der Waals surface area contributed by atoms with E-state index in [1.165, 1.54) is 0 Å². The zero-order chi connectivity index (χ0) is 9.10. The summed E-state index contributed by atoms with van der Waals surface area (Å²) in [5.74, 6) is 0.818. The van der Waals surface area contributed by atoms with E-state index in [-0.39, 0.29) is 0 Å². The normalized spacial score (nSPS) is 23.1. The first-order valence-electron chi connectivity index (χ1n) is 4.35. The van der Waals surface area contributed by atoms with Crippen LogP contribution in [0, 0.1) is 0 Å². The monoisotopic (exact) mass is 177 g/mol. The molecule has 1 aliphatic rings. The molecule has 13 heavy (non-hydrogen) atoms. The lowest BCUT2D eigenvalue weighted by Crippen LogP contribution is -1.92. The van der Waals surface area contributed by atoms with Crippen molar-refractivity contribution in [3.05, 3.63) is 29.7 Å². The van der Waals surface area contributed by atoms with Gasteiger partial charge in [0.2, 0.25) is 0 Å². The van der Waals surface area contributed by atoms with E-state index in [9.17, 15) is 0 Å². The lowest BCUT2D eigenvalue weighted by molar-refractivity contribution is 0.318. The van der Waals surface area contributed by atoms with Gasteiger partial charge in [0.25, 0.3) is 0 Å². The molecule has 0 radical (unpaired) electrons. The van der Waals surface area contributed by atoms with Gasteiger partial charge in [0.15, 0.2) is 0 Å². The molecule has 0 amide bonds. The molecule has 0 spiro atoms. The van der Waals surface area contributed by atoms with Crippen molar-refractivity contribution >= 4 is 11.8 Å². The summed E-state index contributed by atoms with van der Waals surface area (Å²) in [6.45, 7) is 0. The van der Waals surface area contributed by atoms with Gasteiger partial charge in [-0.15, -0.1) is 0 Å². The molecule has 1 saturated carbocycles. The first-order chi connectivity index (χ1) is 6.40. The Balaban J connectivity index is 2.25. The summed E-state index contributed by atoms with van der Waals surface area (Å²) < 4.78 is 5.18. The second kappa shape index (κ2) is 3.47. The maximum atomic E-state index is 8.68. The van der Waals surface area contributed by atoms with Crippen LogP contribution in [0.25, 0.3) is 6.08 Å². The van der Waals surface area contributed by atoms with E-state index in [4.69, 9.17) is 9.62 Å². The number of furan rings is 1. The van der Waals surface area contributed by atoms with Crippen LogP contribution in [0.5, 0.6) is 0 Å². The Morgan fingerprint density at radius 3 is 3.08 bits per heavy atom. The van der Waals surface area contributed by atoms with E-state index < -0.39 is 0 Å². The second-order valence-corrected chi connectivity index (χ2v) is 3.09. The van der Waals surface area contributed by atoms with Crippen LogP contribution in [0.1, 0.15) is 25.0 Å². The summed E-state index contributed by atoms with van der Waals surface area (Å²) in [5, 5.41) is 11.9. The Labute approximate surface area is 76.4 Å². The quantitative estimate of drug-likeness (QED) is 0.529. The molecule has 1 fully saturated rings. The fourth-order valence-electron chi connectivity index (χ4n) is 1.57. The molecule has 1 aliphatic carbocycles. The molecule has 3 heteroatoms. The van der Waals surface area contributed by atoms with Crippen molar-refractivity contribution in [1.29, 1.82) is 0 Å². The zero-order valence-electron chi connectivity index (χ0n) is 7.23. The molecule has 1 aromatic rings. The van der Waals surface area contributed by atoms with Gasteiger partial charge < -0.3 is 9.62 Å². The largest absolute Gasteiger partial charge is 0.465 e. The molecule has 3 nitrogen and oxygen atoms in total. The summed E-state index contributed by atoms with van der Waals surface area (Å²) in [6, 6.07) is 3.73. The average Bonchev–Trinajstić information content (AvgIpc) is 2.76. The van der Waals surface area contributed by atoms with E-state index in [0.717, 1.165) is 36.3 Å². The molecular weight excluding hydrogens is 166 g/mol. The summed E-state index contributed by atoms with van der Waals surface area (Å²) in [4.78, 5) is 0. The van der Waals surface area contributed by atoms with E-state index in [2.05, 4.69) is 5.16 Å². The summed E-state index contributed by atoms with van der Waals surface area (Å²) in [7, 11) is 0. The summed E-state index contributed by atoms with van der Waals surface area (Å²) in [5.41, 5.74) is 1.87. The highest BCUT2D eigenvalue weighted by Crippen LogP contribution is 2.24. The van der Waals surface area contributed by atoms with Gasteiger partial charge in [-0.2, -0.15) is 0 Å². The van der Waals surface area contributed by atoms with Crippen molar-refractivity contribution in [2.75, 3.05) is 0 Å². The van der Waals surface area contributed by atoms with Crippen molar-refractivity contribution in [2.24, 2.45) is 5.16 Å². The second-order valence-electron chi connectivity index (χ2n) is 3.09. The van der Waals surface area contributed by atoms with E-state index in [0.29, 0.717) is 0 Å². The van der Waals surface area contributed by atoms with Crippen LogP contribution in [0.15, 0.2) is 33.5 Å². The third kappa shape index (κ3) is 1.64. The fraction of sp³-hybridized carbons (Fsp3) is 0.300. The van der Waals surface area contributed by atoms with Crippen LogP contribution in [0.3, 0.4) is 0 Å². The molecule has 0 unspecified atom stereocenters. The van der Waals surface area contributed by atoms with Crippen LogP contribution < -0.4 is 0 Å². The van der Waals surface area contributed by atoms with Gasteiger partial charge >= 0.3 is 0 Å². The average molecular weight is 177 g/mol. The molecule has 0 aromatic carbocycles. The molecule has 1 heterocycles. The van der Waals surface area contributed by atoms with Gasteiger partial charge in [0, 0.05) is 0 Å². The number of allylic oxidation sites excluding steroid dienone is 1. The lowest BCUT2D eigenvalue weighted by Gasteiger charge is -1.94. The molecule has 0 bridgehead atoms. The van der Waals surface area contributed by atoms with E-state index >= 15 is 0 Å². The number of hydrogen-bond donors (Lipinski definition) is 1. The minimum atomic E-state index is 0.788. The number of nitrogens with zero attached hydrogens (tertiary/aromatic N) is 1. The van der Waals surface area contributed by atoms with Crippen LogP contribution >= 0.6 is 0 Å². The van der Waals surface area contributed by atoms with E-state index in [1.54, 1.807) is 6.26 Å². The molecule has 0 atom stereocenters. The maximum absolute atomic E-state index is 8.68. The first kappa shape index (κ1) is 8.10. The van der Waals surface area contributed by atoms with E-state index in [1.807, 2.05) is 18.2 Å². The Hall–Kier alpha value is -1.51. The lowest BCUT2D eigenvalue weighted by atomic mass is 10.2. The van der Waals surface area contributed by atoms with Crippen molar-refractivity contribution in [3.8, 4) is 0 Å². The van der Waals surface area contributed by atoms with Gasteiger partial charge in [0.05, 0.1) is 12.0 Å². The van der Waals surface area contributed by atoms with Gasteiger partial charge in [-0.25, -0.2) is 0 Å². The molecule has 68 valence electrons. The van der Waals surface area contributed by atoms with Crippen molar-refractivity contribution in [2.45, 2.75) is 19.3 Å². The predicted molar refractivity (Wildman–Crippen MR) is 49.8 cm³/mol. The van der Waals surface area contributed by atoms with Crippen molar-refractivity contribution < 1.29 is 9.62 Å². The number of oxime groups is 1. The molecule has 1 N–H and O–H groups in total. The predicted octanol–water partition coefficient (Wildman–Crippen LogP) is 2.68. The molecular formula is C10H11NO2. The number of hydrogen-bond acceptors (Lipinski definition) is 3. The van der Waals surface area contributed by atoms with Crippen LogP contribution in [-0.4, -0.2) is 10.9 Å². The minimum Gasteiger partial charge on any atom is -0.465 e. The van der Waals surface area contributed by atoms with Crippen LogP contribution in [0.4, 0.5) is 0 Å². The number of rotatable bonds is 1. The molecule has 1 aromatic heterocycles. The summed E-state index contributed by atoms with van der Waals surface area (Å²) in [6.07, 6.45) is 6.47. The standard InChI is InChI=1S/C10H11NO2/c12-11-10-5-1-3-8(10)7-9-4-2-6-13-9/h2,4,6-7,12H,1,3,5H2/b8-7+,11-10?. The summed E-state index contributed by atoms with van der Waals surface area (Å²) >= 11 is 0. The Kier molecular flexibility index (Phi) is 2.17. The van der Waals surface area contributed by atoms with Crippen LogP contribution in [0.2, 0.25) is 0 Å². The Morgan fingerprint density at radius 2 is 2.38 bits per heavy atom. The van der Waals surface area contributed by atoms with Gasteiger partial charge in [-0.05, 0) is 43.0 Å². The minimum absolute atomic E-state index is 0.788. The topological polar surface area (TPSA) is 45.7 Å². The fourth-order valence-corrected chi connectivity index (χ4v) is 1.57. The van der Waals surface area contributed by atoms with Gasteiger partial charge in [-0.1, -0.05) is 5.16 Å². The zero-order valence-corrected chi connectivity index (χ0v) is 7.23. The third-order valence-electron chi connectivity index (χ3n) is 2.21. The van der Waals surface area contributed by atoms with Crippen molar-refractivity contribution in [1.82, 2.24) is 0 Å². The highest BCUT2D eigenvalue weighted by molar-refractivity contribution is 6.04. The SMILES string of the molecule is ON=C1CCC/C1=C\c1ccco1. The first-order valence-corrected chi connectivity index (χ1v) is 4.35. The highest BCUT2D eigenvalue weighted by atomic mass is 16.4. The Bertz CT molecular complexity index is 336. The molecule has 0 saturated heterocycles. The smallest absolute Gasteiger partial charge is 0.126 e.